The highest BCUT2D eigenvalue weighted by Gasteiger charge is 2.37. The highest BCUT2D eigenvalue weighted by atomic mass is 16.6. The van der Waals surface area contributed by atoms with E-state index in [1.54, 1.807) is 0 Å². The van der Waals surface area contributed by atoms with Gasteiger partial charge in [-0.3, -0.25) is 0 Å². The molecule has 0 spiro atoms. The zero-order valence-electron chi connectivity index (χ0n) is 11.0. The highest BCUT2D eigenvalue weighted by Crippen LogP contribution is 2.26. The Morgan fingerprint density at radius 3 is 3.00 bits per heavy atom. The number of carbonyl (C=O) groups excluding carboxylic acids is 1. The molecule has 4 heteroatoms. The maximum Gasteiger partial charge on any atom is 0.410 e. The zero-order chi connectivity index (χ0) is 13.1. The molecule has 102 valence electrons. The first-order chi connectivity index (χ1) is 9.34. The molecule has 4 nitrogen and oxygen atoms in total. The molecule has 2 saturated heterocycles. The van der Waals surface area contributed by atoms with Crippen molar-refractivity contribution in [2.45, 2.75) is 25.5 Å². The molecule has 0 radical (unpaired) electrons. The third kappa shape index (κ3) is 2.73. The summed E-state index contributed by atoms with van der Waals surface area (Å²) in [7, 11) is 0. The van der Waals surface area contributed by atoms with Crippen LogP contribution in [-0.2, 0) is 11.3 Å². The molecule has 2 fully saturated rings. The van der Waals surface area contributed by atoms with Crippen LogP contribution in [0.5, 0.6) is 0 Å². The van der Waals surface area contributed by atoms with Crippen LogP contribution in [0.4, 0.5) is 4.79 Å². The molecular weight excluding hydrogens is 240 g/mol. The van der Waals surface area contributed by atoms with Gasteiger partial charge in [-0.2, -0.15) is 0 Å². The van der Waals surface area contributed by atoms with E-state index in [0.29, 0.717) is 18.6 Å². The molecule has 3 rings (SSSR count). The summed E-state index contributed by atoms with van der Waals surface area (Å²) in [5.41, 5.74) is 1.04. The van der Waals surface area contributed by atoms with Crippen molar-refractivity contribution in [2.75, 3.05) is 19.6 Å². The largest absolute Gasteiger partial charge is 0.445 e. The number of likely N-dealkylation sites (tertiary alicyclic amines) is 1. The smallest absolute Gasteiger partial charge is 0.410 e. The van der Waals surface area contributed by atoms with Crippen LogP contribution in [-0.4, -0.2) is 36.7 Å². The van der Waals surface area contributed by atoms with E-state index in [4.69, 9.17) is 4.74 Å². The molecule has 2 aliphatic rings. The number of hydrogen-bond donors (Lipinski definition) is 1. The lowest BCUT2D eigenvalue weighted by molar-refractivity contribution is 0.0614. The van der Waals surface area contributed by atoms with Crippen LogP contribution in [0, 0.1) is 5.92 Å². The first kappa shape index (κ1) is 12.5. The van der Waals surface area contributed by atoms with Gasteiger partial charge in [0.2, 0.25) is 0 Å². The van der Waals surface area contributed by atoms with Crippen molar-refractivity contribution >= 4 is 6.09 Å². The summed E-state index contributed by atoms with van der Waals surface area (Å²) in [5, 5.41) is 3.37. The third-order valence-electron chi connectivity index (χ3n) is 4.12. The second kappa shape index (κ2) is 5.61. The van der Waals surface area contributed by atoms with Crippen LogP contribution in [0.1, 0.15) is 18.4 Å². The predicted octanol–water partition coefficient (Wildman–Crippen LogP) is 2.01. The standard InChI is InChI=1S/C15H20N2O2/c18-15(19-11-12-5-2-1-3-6-12)17-8-4-7-13-9-16-10-14(13)17/h1-3,5-6,13-14,16H,4,7-11H2/t13-,14+/m0/s1. The van der Waals surface area contributed by atoms with E-state index in [1.807, 2.05) is 35.2 Å². The van der Waals surface area contributed by atoms with Crippen LogP contribution in [0.2, 0.25) is 0 Å². The number of fused-ring (bicyclic) bond motifs is 1. The van der Waals surface area contributed by atoms with Gasteiger partial charge in [0.15, 0.2) is 0 Å². The Balaban J connectivity index is 1.57. The highest BCUT2D eigenvalue weighted by molar-refractivity contribution is 5.68. The quantitative estimate of drug-likeness (QED) is 0.884. The van der Waals surface area contributed by atoms with Crippen molar-refractivity contribution < 1.29 is 9.53 Å². The van der Waals surface area contributed by atoms with Gasteiger partial charge in [-0.1, -0.05) is 30.3 Å². The van der Waals surface area contributed by atoms with E-state index in [9.17, 15) is 4.79 Å². The van der Waals surface area contributed by atoms with Crippen LogP contribution < -0.4 is 5.32 Å². The minimum Gasteiger partial charge on any atom is -0.445 e. The van der Waals surface area contributed by atoms with E-state index < -0.39 is 0 Å². The van der Waals surface area contributed by atoms with Gasteiger partial charge in [-0.25, -0.2) is 4.79 Å². The molecule has 2 heterocycles. The van der Waals surface area contributed by atoms with Gasteiger partial charge in [0.1, 0.15) is 6.61 Å². The molecule has 19 heavy (non-hydrogen) atoms. The first-order valence-corrected chi connectivity index (χ1v) is 7.02. The van der Waals surface area contributed by atoms with Crippen LogP contribution in [0.3, 0.4) is 0 Å². The molecule has 2 atom stereocenters. The van der Waals surface area contributed by atoms with Gasteiger partial charge in [0.05, 0.1) is 6.04 Å². The molecule has 1 aromatic carbocycles. The monoisotopic (exact) mass is 260 g/mol. The number of benzene rings is 1. The summed E-state index contributed by atoms with van der Waals surface area (Å²) in [5.74, 6) is 0.609. The second-order valence-corrected chi connectivity index (χ2v) is 5.36. The van der Waals surface area contributed by atoms with Crippen molar-refractivity contribution in [1.82, 2.24) is 10.2 Å². The number of amides is 1. The lowest BCUT2D eigenvalue weighted by Gasteiger charge is -2.36. The summed E-state index contributed by atoms with van der Waals surface area (Å²) >= 11 is 0. The Morgan fingerprint density at radius 2 is 2.16 bits per heavy atom. The number of hydrogen-bond acceptors (Lipinski definition) is 3. The number of rotatable bonds is 2. The third-order valence-corrected chi connectivity index (χ3v) is 4.12. The van der Waals surface area contributed by atoms with Crippen molar-refractivity contribution in [1.29, 1.82) is 0 Å². The Morgan fingerprint density at radius 1 is 1.32 bits per heavy atom. The van der Waals surface area contributed by atoms with Crippen LogP contribution >= 0.6 is 0 Å². The molecule has 1 aromatic rings. The van der Waals surface area contributed by atoms with Crippen molar-refractivity contribution in [3.05, 3.63) is 35.9 Å². The molecule has 0 saturated carbocycles. The molecule has 1 N–H and O–H groups in total. The fraction of sp³-hybridized carbons (Fsp3) is 0.533. The molecule has 0 aromatic heterocycles. The Kier molecular flexibility index (Phi) is 3.69. The predicted molar refractivity (Wildman–Crippen MR) is 72.7 cm³/mol. The minimum absolute atomic E-state index is 0.165. The normalized spacial score (nSPS) is 26.0. The molecule has 0 unspecified atom stereocenters. The summed E-state index contributed by atoms with van der Waals surface area (Å²) in [4.78, 5) is 14.1. The maximum absolute atomic E-state index is 12.2. The van der Waals surface area contributed by atoms with Gasteiger partial charge in [-0.15, -0.1) is 0 Å². The summed E-state index contributed by atoms with van der Waals surface area (Å²) in [6, 6.07) is 10.2. The Labute approximate surface area is 113 Å². The number of nitrogens with zero attached hydrogens (tertiary/aromatic N) is 1. The zero-order valence-corrected chi connectivity index (χ0v) is 11.0. The van der Waals surface area contributed by atoms with E-state index in [0.717, 1.165) is 31.6 Å². The molecule has 0 aliphatic carbocycles. The molecule has 1 amide bonds. The summed E-state index contributed by atoms with van der Waals surface area (Å²) in [6.45, 7) is 3.13. The fourth-order valence-corrected chi connectivity index (χ4v) is 3.10. The van der Waals surface area contributed by atoms with E-state index >= 15 is 0 Å². The first-order valence-electron chi connectivity index (χ1n) is 7.02. The second-order valence-electron chi connectivity index (χ2n) is 5.36. The van der Waals surface area contributed by atoms with Crippen LogP contribution in [0.15, 0.2) is 30.3 Å². The summed E-state index contributed by atoms with van der Waals surface area (Å²) < 4.78 is 5.43. The minimum atomic E-state index is -0.165. The number of ether oxygens (including phenoxy) is 1. The van der Waals surface area contributed by atoms with Gasteiger partial charge in [0, 0.05) is 19.6 Å². The Bertz CT molecular complexity index is 435. The van der Waals surface area contributed by atoms with E-state index in [1.165, 1.54) is 6.42 Å². The van der Waals surface area contributed by atoms with Gasteiger partial charge < -0.3 is 15.0 Å². The molecule has 0 bridgehead atoms. The summed E-state index contributed by atoms with van der Waals surface area (Å²) in [6.07, 6.45) is 2.14. The lowest BCUT2D eigenvalue weighted by Crippen LogP contribution is -2.48. The van der Waals surface area contributed by atoms with Crippen molar-refractivity contribution in [2.24, 2.45) is 5.92 Å². The van der Waals surface area contributed by atoms with Crippen molar-refractivity contribution in [3.8, 4) is 0 Å². The topological polar surface area (TPSA) is 41.6 Å². The van der Waals surface area contributed by atoms with E-state index in [2.05, 4.69) is 5.32 Å². The number of piperidine rings is 1. The van der Waals surface area contributed by atoms with Crippen molar-refractivity contribution in [3.63, 3.8) is 0 Å². The van der Waals surface area contributed by atoms with E-state index in [-0.39, 0.29) is 6.09 Å². The molecular formula is C15H20N2O2. The Hall–Kier alpha value is -1.55. The van der Waals surface area contributed by atoms with Gasteiger partial charge in [-0.05, 0) is 24.3 Å². The van der Waals surface area contributed by atoms with Gasteiger partial charge >= 0.3 is 6.09 Å². The molecule has 2 aliphatic heterocycles. The van der Waals surface area contributed by atoms with Crippen LogP contribution in [0.25, 0.3) is 0 Å². The fourth-order valence-electron chi connectivity index (χ4n) is 3.10. The number of nitrogens with one attached hydrogen (secondary N) is 1. The SMILES string of the molecule is O=C(OCc1ccccc1)N1CCC[C@H]2CNC[C@H]21. The lowest BCUT2D eigenvalue weighted by atomic mass is 9.92. The average molecular weight is 260 g/mol. The number of carbonyl (C=O) groups is 1. The maximum atomic E-state index is 12.2. The average Bonchev–Trinajstić information content (AvgIpc) is 2.94. The van der Waals surface area contributed by atoms with Gasteiger partial charge in [0.25, 0.3) is 0 Å².